The van der Waals surface area contributed by atoms with Crippen LogP contribution in [-0.4, -0.2) is 32.2 Å². The second kappa shape index (κ2) is 5.88. The lowest BCUT2D eigenvalue weighted by molar-refractivity contribution is -0.384. The Bertz CT molecular complexity index is 460. The molecule has 6 heteroatoms. The summed E-state index contributed by atoms with van der Waals surface area (Å²) in [5.74, 6) is 0.474. The normalized spacial score (nSPS) is 11.2. The number of benzene rings is 1. The van der Waals surface area contributed by atoms with Gasteiger partial charge in [-0.1, -0.05) is 13.8 Å². The number of rotatable bonds is 6. The van der Waals surface area contributed by atoms with E-state index in [1.807, 2.05) is 25.8 Å². The highest BCUT2D eigenvalue weighted by Crippen LogP contribution is 2.32. The summed E-state index contributed by atoms with van der Waals surface area (Å²) in [4.78, 5) is 12.6. The number of nitro benzene ring substituents is 1. The molecule has 0 radical (unpaired) electrons. The van der Waals surface area contributed by atoms with E-state index in [-0.39, 0.29) is 11.1 Å². The Labute approximate surface area is 113 Å². The van der Waals surface area contributed by atoms with Gasteiger partial charge in [-0.05, 0) is 24.1 Å². The minimum atomic E-state index is -0.399. The molecule has 0 aliphatic carbocycles. The van der Waals surface area contributed by atoms with Crippen LogP contribution in [0, 0.1) is 15.5 Å². The highest BCUT2D eigenvalue weighted by atomic mass is 16.6. The zero-order valence-electron chi connectivity index (χ0n) is 11.8. The lowest BCUT2D eigenvalue weighted by Gasteiger charge is -2.30. The SMILES string of the molecule is COc1ccc(N(C)CC(C)(C)CN)c([N+](=O)[O-])c1. The second-order valence-corrected chi connectivity index (χ2v) is 5.34. The van der Waals surface area contributed by atoms with Gasteiger partial charge in [-0.2, -0.15) is 0 Å². The summed E-state index contributed by atoms with van der Waals surface area (Å²) < 4.78 is 5.02. The van der Waals surface area contributed by atoms with Crippen LogP contribution in [0.1, 0.15) is 13.8 Å². The van der Waals surface area contributed by atoms with Crippen molar-refractivity contribution in [3.05, 3.63) is 28.3 Å². The molecule has 0 saturated heterocycles. The predicted octanol–water partition coefficient (Wildman–Crippen LogP) is 2.02. The number of ether oxygens (including phenoxy) is 1. The van der Waals surface area contributed by atoms with Crippen molar-refractivity contribution in [2.45, 2.75) is 13.8 Å². The van der Waals surface area contributed by atoms with Crippen molar-refractivity contribution in [1.82, 2.24) is 0 Å². The zero-order chi connectivity index (χ0) is 14.6. The number of nitro groups is 1. The number of hydrogen-bond acceptors (Lipinski definition) is 5. The standard InChI is InChI=1S/C13H21N3O3/c1-13(2,8-14)9-15(3)11-6-5-10(19-4)7-12(11)16(17)18/h5-7H,8-9,14H2,1-4H3. The molecule has 0 aromatic heterocycles. The van der Waals surface area contributed by atoms with Gasteiger partial charge in [-0.25, -0.2) is 0 Å². The third kappa shape index (κ3) is 3.82. The molecule has 0 heterocycles. The van der Waals surface area contributed by atoms with Gasteiger partial charge in [0.25, 0.3) is 5.69 Å². The molecular weight excluding hydrogens is 246 g/mol. The fraction of sp³-hybridized carbons (Fsp3) is 0.538. The van der Waals surface area contributed by atoms with Crippen molar-refractivity contribution >= 4 is 11.4 Å². The topological polar surface area (TPSA) is 81.6 Å². The molecule has 19 heavy (non-hydrogen) atoms. The Balaban J connectivity index is 3.08. The van der Waals surface area contributed by atoms with Gasteiger partial charge >= 0.3 is 0 Å². The molecule has 0 atom stereocenters. The van der Waals surface area contributed by atoms with Crippen molar-refractivity contribution in [1.29, 1.82) is 0 Å². The maximum Gasteiger partial charge on any atom is 0.296 e. The molecule has 0 saturated carbocycles. The maximum atomic E-state index is 11.1. The Morgan fingerprint density at radius 3 is 2.58 bits per heavy atom. The van der Waals surface area contributed by atoms with E-state index in [0.29, 0.717) is 24.5 Å². The van der Waals surface area contributed by atoms with Crippen LogP contribution in [0.3, 0.4) is 0 Å². The first-order valence-electron chi connectivity index (χ1n) is 6.04. The van der Waals surface area contributed by atoms with E-state index in [0.717, 1.165) is 0 Å². The lowest BCUT2D eigenvalue weighted by atomic mass is 9.93. The van der Waals surface area contributed by atoms with E-state index in [2.05, 4.69) is 0 Å². The Hall–Kier alpha value is -1.82. The summed E-state index contributed by atoms with van der Waals surface area (Å²) in [5, 5.41) is 11.1. The predicted molar refractivity (Wildman–Crippen MR) is 75.8 cm³/mol. The second-order valence-electron chi connectivity index (χ2n) is 5.34. The van der Waals surface area contributed by atoms with Crippen molar-refractivity contribution in [3.8, 4) is 5.75 Å². The van der Waals surface area contributed by atoms with Gasteiger partial charge in [0.05, 0.1) is 18.1 Å². The van der Waals surface area contributed by atoms with Crippen molar-refractivity contribution in [3.63, 3.8) is 0 Å². The molecule has 0 aliphatic heterocycles. The molecule has 0 fully saturated rings. The molecule has 0 aliphatic rings. The number of nitrogens with two attached hydrogens (primary N) is 1. The third-order valence-electron chi connectivity index (χ3n) is 3.01. The van der Waals surface area contributed by atoms with E-state index in [4.69, 9.17) is 10.5 Å². The van der Waals surface area contributed by atoms with Crippen LogP contribution in [0.4, 0.5) is 11.4 Å². The molecule has 0 amide bonds. The molecule has 106 valence electrons. The number of nitrogens with zero attached hydrogens (tertiary/aromatic N) is 2. The summed E-state index contributed by atoms with van der Waals surface area (Å²) in [7, 11) is 3.31. The van der Waals surface area contributed by atoms with Crippen LogP contribution < -0.4 is 15.4 Å². The first-order chi connectivity index (χ1) is 8.80. The highest BCUT2D eigenvalue weighted by Gasteiger charge is 2.23. The molecule has 0 unspecified atom stereocenters. The Morgan fingerprint density at radius 2 is 2.11 bits per heavy atom. The van der Waals surface area contributed by atoms with Gasteiger partial charge in [0.2, 0.25) is 0 Å². The fourth-order valence-corrected chi connectivity index (χ4v) is 1.89. The summed E-state index contributed by atoms with van der Waals surface area (Å²) >= 11 is 0. The average Bonchev–Trinajstić information content (AvgIpc) is 2.37. The van der Waals surface area contributed by atoms with Crippen LogP contribution >= 0.6 is 0 Å². The van der Waals surface area contributed by atoms with Gasteiger partial charge < -0.3 is 15.4 Å². The van der Waals surface area contributed by atoms with Crippen molar-refractivity contribution < 1.29 is 9.66 Å². The van der Waals surface area contributed by atoms with Gasteiger partial charge in [0.1, 0.15) is 11.4 Å². The molecule has 6 nitrogen and oxygen atoms in total. The fourth-order valence-electron chi connectivity index (χ4n) is 1.89. The van der Waals surface area contributed by atoms with Crippen molar-refractivity contribution in [2.24, 2.45) is 11.1 Å². The Kier molecular flexibility index (Phi) is 4.72. The zero-order valence-corrected chi connectivity index (χ0v) is 11.8. The van der Waals surface area contributed by atoms with E-state index >= 15 is 0 Å². The smallest absolute Gasteiger partial charge is 0.296 e. The minimum absolute atomic E-state index is 0.0367. The largest absolute Gasteiger partial charge is 0.496 e. The quantitative estimate of drug-likeness (QED) is 0.630. The lowest BCUT2D eigenvalue weighted by Crippen LogP contribution is -2.37. The van der Waals surface area contributed by atoms with Gasteiger partial charge in [0.15, 0.2) is 0 Å². The molecule has 0 bridgehead atoms. The summed E-state index contributed by atoms with van der Waals surface area (Å²) in [6, 6.07) is 4.85. The molecule has 2 N–H and O–H groups in total. The van der Waals surface area contributed by atoms with Crippen LogP contribution in [0.2, 0.25) is 0 Å². The number of methoxy groups -OCH3 is 1. The van der Waals surface area contributed by atoms with Crippen LogP contribution in [0.25, 0.3) is 0 Å². The van der Waals surface area contributed by atoms with E-state index < -0.39 is 4.92 Å². The summed E-state index contributed by atoms with van der Waals surface area (Å²) in [5.41, 5.74) is 6.19. The van der Waals surface area contributed by atoms with E-state index in [1.165, 1.54) is 13.2 Å². The van der Waals surface area contributed by atoms with Gasteiger partial charge in [-0.3, -0.25) is 10.1 Å². The molecule has 0 spiro atoms. The maximum absolute atomic E-state index is 11.1. The van der Waals surface area contributed by atoms with E-state index in [1.54, 1.807) is 12.1 Å². The van der Waals surface area contributed by atoms with Gasteiger partial charge in [0, 0.05) is 13.6 Å². The van der Waals surface area contributed by atoms with Crippen LogP contribution in [0.5, 0.6) is 5.75 Å². The molecular formula is C13H21N3O3. The first-order valence-corrected chi connectivity index (χ1v) is 6.04. The first kappa shape index (κ1) is 15.2. The number of hydrogen-bond donors (Lipinski definition) is 1. The summed E-state index contributed by atoms with van der Waals surface area (Å²) in [6.07, 6.45) is 0. The Morgan fingerprint density at radius 1 is 1.47 bits per heavy atom. The molecule has 1 aromatic rings. The van der Waals surface area contributed by atoms with Crippen molar-refractivity contribution in [2.75, 3.05) is 32.1 Å². The molecule has 1 aromatic carbocycles. The third-order valence-corrected chi connectivity index (χ3v) is 3.01. The van der Waals surface area contributed by atoms with E-state index in [9.17, 15) is 10.1 Å². The molecule has 1 rings (SSSR count). The minimum Gasteiger partial charge on any atom is -0.496 e. The average molecular weight is 267 g/mol. The summed E-state index contributed by atoms with van der Waals surface area (Å²) in [6.45, 7) is 5.20. The monoisotopic (exact) mass is 267 g/mol. The number of anilines is 1. The van der Waals surface area contributed by atoms with Crippen LogP contribution in [0.15, 0.2) is 18.2 Å². The van der Waals surface area contributed by atoms with Gasteiger partial charge in [-0.15, -0.1) is 0 Å². The van der Waals surface area contributed by atoms with Crippen LogP contribution in [-0.2, 0) is 0 Å². The highest BCUT2D eigenvalue weighted by molar-refractivity contribution is 5.65.